The van der Waals surface area contributed by atoms with E-state index in [1.165, 1.54) is 0 Å². The molecule has 4 heteroatoms. The molecule has 0 heterocycles. The fraction of sp³-hybridized carbons (Fsp3) is 0.929. The van der Waals surface area contributed by atoms with Crippen LogP contribution in [-0.2, 0) is 9.53 Å². The summed E-state index contributed by atoms with van der Waals surface area (Å²) in [5, 5.41) is 2.95. The molecular weight excluding hydrogens is 228 g/mol. The number of nitrogens with one attached hydrogen (secondary N) is 1. The fourth-order valence-corrected chi connectivity index (χ4v) is 2.61. The van der Waals surface area contributed by atoms with Crippen LogP contribution in [-0.4, -0.2) is 31.7 Å². The predicted octanol–water partition coefficient (Wildman–Crippen LogP) is 1.68. The van der Waals surface area contributed by atoms with E-state index >= 15 is 0 Å². The van der Waals surface area contributed by atoms with E-state index in [4.69, 9.17) is 10.5 Å². The average molecular weight is 256 g/mol. The van der Waals surface area contributed by atoms with Gasteiger partial charge in [-0.1, -0.05) is 20.3 Å². The normalized spacial score (nSPS) is 28.1. The van der Waals surface area contributed by atoms with E-state index in [1.54, 1.807) is 0 Å². The Labute approximate surface area is 111 Å². The van der Waals surface area contributed by atoms with Crippen molar-refractivity contribution in [1.82, 2.24) is 5.32 Å². The van der Waals surface area contributed by atoms with Crippen molar-refractivity contribution in [2.75, 3.05) is 19.8 Å². The molecule has 0 saturated heterocycles. The molecule has 0 aliphatic heterocycles. The Balaban J connectivity index is 2.12. The van der Waals surface area contributed by atoms with Crippen LogP contribution in [0.2, 0.25) is 0 Å². The fourth-order valence-electron chi connectivity index (χ4n) is 2.61. The van der Waals surface area contributed by atoms with E-state index in [1.807, 2.05) is 0 Å². The highest BCUT2D eigenvalue weighted by atomic mass is 16.5. The Morgan fingerprint density at radius 3 is 2.78 bits per heavy atom. The summed E-state index contributed by atoms with van der Waals surface area (Å²) in [7, 11) is 0. The van der Waals surface area contributed by atoms with Crippen LogP contribution >= 0.6 is 0 Å². The van der Waals surface area contributed by atoms with Gasteiger partial charge in [-0.2, -0.15) is 0 Å². The molecule has 106 valence electrons. The Kier molecular flexibility index (Phi) is 7.28. The van der Waals surface area contributed by atoms with Gasteiger partial charge in [0.05, 0.1) is 6.61 Å². The van der Waals surface area contributed by atoms with Gasteiger partial charge in [0.1, 0.15) is 0 Å². The predicted molar refractivity (Wildman–Crippen MR) is 73.2 cm³/mol. The van der Waals surface area contributed by atoms with Gasteiger partial charge < -0.3 is 15.8 Å². The Morgan fingerprint density at radius 1 is 1.33 bits per heavy atom. The number of carbonyl (C=O) groups is 1. The lowest BCUT2D eigenvalue weighted by molar-refractivity contribution is -0.126. The first-order chi connectivity index (χ1) is 8.63. The van der Waals surface area contributed by atoms with Crippen LogP contribution in [0.4, 0.5) is 0 Å². The molecule has 1 aliphatic carbocycles. The highest BCUT2D eigenvalue weighted by Gasteiger charge is 2.28. The van der Waals surface area contributed by atoms with Gasteiger partial charge >= 0.3 is 0 Å². The number of nitrogens with two attached hydrogens (primary N) is 1. The third-order valence-electron chi connectivity index (χ3n) is 3.54. The average Bonchev–Trinajstić information content (AvgIpc) is 2.32. The zero-order chi connectivity index (χ0) is 13.4. The summed E-state index contributed by atoms with van der Waals surface area (Å²) in [5.41, 5.74) is 5.96. The number of rotatable bonds is 7. The minimum absolute atomic E-state index is 0.0967. The molecule has 18 heavy (non-hydrogen) atoms. The van der Waals surface area contributed by atoms with E-state index in [0.717, 1.165) is 38.7 Å². The quantitative estimate of drug-likeness (QED) is 0.681. The van der Waals surface area contributed by atoms with Gasteiger partial charge in [0.15, 0.2) is 0 Å². The maximum atomic E-state index is 12.0. The molecule has 3 atom stereocenters. The third kappa shape index (κ3) is 5.83. The minimum atomic E-state index is 0.0967. The minimum Gasteiger partial charge on any atom is -0.380 e. The van der Waals surface area contributed by atoms with Crippen LogP contribution in [0.15, 0.2) is 0 Å². The van der Waals surface area contributed by atoms with Crippen LogP contribution in [0.25, 0.3) is 0 Å². The van der Waals surface area contributed by atoms with Crippen molar-refractivity contribution < 1.29 is 9.53 Å². The molecular formula is C14H28N2O2. The molecule has 3 unspecified atom stereocenters. The van der Waals surface area contributed by atoms with E-state index in [-0.39, 0.29) is 17.9 Å². The SMILES string of the molecule is CCCCOCCNC(=O)C1CC(C)CC(N)C1. The summed E-state index contributed by atoms with van der Waals surface area (Å²) < 4.78 is 5.41. The largest absolute Gasteiger partial charge is 0.380 e. The van der Waals surface area contributed by atoms with Crippen molar-refractivity contribution in [3.8, 4) is 0 Å². The lowest BCUT2D eigenvalue weighted by atomic mass is 9.79. The van der Waals surface area contributed by atoms with Crippen LogP contribution in [0.1, 0.15) is 46.0 Å². The smallest absolute Gasteiger partial charge is 0.223 e. The molecule has 4 nitrogen and oxygen atoms in total. The van der Waals surface area contributed by atoms with Crippen molar-refractivity contribution in [2.24, 2.45) is 17.6 Å². The second-order valence-corrected chi connectivity index (χ2v) is 5.53. The van der Waals surface area contributed by atoms with Gasteiger partial charge in [-0.15, -0.1) is 0 Å². The van der Waals surface area contributed by atoms with Crippen molar-refractivity contribution in [1.29, 1.82) is 0 Å². The lowest BCUT2D eigenvalue weighted by Crippen LogP contribution is -2.41. The van der Waals surface area contributed by atoms with Gasteiger partial charge in [0, 0.05) is 25.1 Å². The Morgan fingerprint density at radius 2 is 2.11 bits per heavy atom. The topological polar surface area (TPSA) is 64.3 Å². The molecule has 1 fully saturated rings. The maximum absolute atomic E-state index is 12.0. The summed E-state index contributed by atoms with van der Waals surface area (Å²) in [5.74, 6) is 0.806. The molecule has 1 saturated carbocycles. The van der Waals surface area contributed by atoms with Crippen LogP contribution in [0.5, 0.6) is 0 Å². The van der Waals surface area contributed by atoms with Crippen molar-refractivity contribution >= 4 is 5.91 Å². The number of hydrogen-bond acceptors (Lipinski definition) is 3. The number of hydrogen-bond donors (Lipinski definition) is 2. The first-order valence-corrected chi connectivity index (χ1v) is 7.24. The van der Waals surface area contributed by atoms with E-state index in [0.29, 0.717) is 19.1 Å². The molecule has 0 aromatic carbocycles. The Hall–Kier alpha value is -0.610. The van der Waals surface area contributed by atoms with Gasteiger partial charge in [-0.25, -0.2) is 0 Å². The van der Waals surface area contributed by atoms with Crippen molar-refractivity contribution in [2.45, 2.75) is 52.0 Å². The van der Waals surface area contributed by atoms with Crippen LogP contribution in [0.3, 0.4) is 0 Å². The monoisotopic (exact) mass is 256 g/mol. The number of unbranched alkanes of at least 4 members (excludes halogenated alkanes) is 1. The number of amides is 1. The number of ether oxygens (including phenoxy) is 1. The molecule has 1 amide bonds. The molecule has 0 radical (unpaired) electrons. The molecule has 1 rings (SSSR count). The van der Waals surface area contributed by atoms with Gasteiger partial charge in [-0.3, -0.25) is 4.79 Å². The van der Waals surface area contributed by atoms with E-state index < -0.39 is 0 Å². The molecule has 1 aliphatic rings. The van der Waals surface area contributed by atoms with E-state index in [9.17, 15) is 4.79 Å². The summed E-state index contributed by atoms with van der Waals surface area (Å²) in [6, 6.07) is 0.185. The lowest BCUT2D eigenvalue weighted by Gasteiger charge is -2.30. The second-order valence-electron chi connectivity index (χ2n) is 5.53. The molecule has 3 N–H and O–H groups in total. The van der Waals surface area contributed by atoms with Crippen LogP contribution in [0, 0.1) is 11.8 Å². The maximum Gasteiger partial charge on any atom is 0.223 e. The van der Waals surface area contributed by atoms with Gasteiger partial charge in [0.25, 0.3) is 0 Å². The summed E-state index contributed by atoms with van der Waals surface area (Å²) in [6.07, 6.45) is 5.07. The van der Waals surface area contributed by atoms with Crippen LogP contribution < -0.4 is 11.1 Å². The molecule has 0 aromatic rings. The zero-order valence-electron chi connectivity index (χ0n) is 11.8. The first kappa shape index (κ1) is 15.4. The van der Waals surface area contributed by atoms with Gasteiger partial charge in [0.2, 0.25) is 5.91 Å². The number of carbonyl (C=O) groups excluding carboxylic acids is 1. The van der Waals surface area contributed by atoms with Crippen molar-refractivity contribution in [3.63, 3.8) is 0 Å². The zero-order valence-corrected chi connectivity index (χ0v) is 11.8. The van der Waals surface area contributed by atoms with Crippen molar-refractivity contribution in [3.05, 3.63) is 0 Å². The van der Waals surface area contributed by atoms with E-state index in [2.05, 4.69) is 19.2 Å². The molecule has 0 spiro atoms. The first-order valence-electron chi connectivity index (χ1n) is 7.24. The third-order valence-corrected chi connectivity index (χ3v) is 3.54. The molecule has 0 aromatic heterocycles. The standard InChI is InChI=1S/C14H28N2O2/c1-3-4-6-18-7-5-16-14(17)12-8-11(2)9-13(15)10-12/h11-13H,3-10,15H2,1-2H3,(H,16,17). The second kappa shape index (κ2) is 8.48. The summed E-state index contributed by atoms with van der Waals surface area (Å²) in [6.45, 7) is 6.33. The van der Waals surface area contributed by atoms with Gasteiger partial charge in [-0.05, 0) is 31.6 Å². The highest BCUT2D eigenvalue weighted by molar-refractivity contribution is 5.78. The highest BCUT2D eigenvalue weighted by Crippen LogP contribution is 2.27. The Bertz CT molecular complexity index is 236. The summed E-state index contributed by atoms with van der Waals surface area (Å²) >= 11 is 0. The summed E-state index contributed by atoms with van der Waals surface area (Å²) in [4.78, 5) is 12.0. The molecule has 0 bridgehead atoms.